The number of aliphatic hydroxyl groups is 1. The molecule has 2 rings (SSSR count). The van der Waals surface area contributed by atoms with Crippen LogP contribution in [0.15, 0.2) is 46.9 Å². The maximum absolute atomic E-state index is 12.5. The lowest BCUT2D eigenvalue weighted by Crippen LogP contribution is -2.06. The molecule has 1 nitrogen and oxygen atoms in total. The zero-order valence-corrected chi connectivity index (χ0v) is 12.9. The maximum Gasteiger partial charge on any atom is 0.416 e. The molecular formula is C16H14BrF3O. The van der Waals surface area contributed by atoms with E-state index >= 15 is 0 Å². The van der Waals surface area contributed by atoms with Crippen molar-refractivity contribution in [1.82, 2.24) is 0 Å². The highest BCUT2D eigenvalue weighted by Crippen LogP contribution is 2.31. The summed E-state index contributed by atoms with van der Waals surface area (Å²) in [6.45, 7) is 1.94. The average molecular weight is 359 g/mol. The van der Waals surface area contributed by atoms with E-state index in [1.54, 1.807) is 0 Å². The van der Waals surface area contributed by atoms with E-state index in [0.717, 1.165) is 27.7 Å². The molecule has 0 aliphatic heterocycles. The molecule has 21 heavy (non-hydrogen) atoms. The van der Waals surface area contributed by atoms with Crippen LogP contribution < -0.4 is 0 Å². The van der Waals surface area contributed by atoms with E-state index in [2.05, 4.69) is 15.9 Å². The van der Waals surface area contributed by atoms with Crippen molar-refractivity contribution in [3.8, 4) is 0 Å². The van der Waals surface area contributed by atoms with E-state index in [1.165, 1.54) is 12.1 Å². The molecule has 1 atom stereocenters. The molecule has 1 N–H and O–H groups in total. The number of aliphatic hydroxyl groups excluding tert-OH is 1. The summed E-state index contributed by atoms with van der Waals surface area (Å²) in [5, 5.41) is 10.2. The van der Waals surface area contributed by atoms with Crippen molar-refractivity contribution in [2.75, 3.05) is 0 Å². The van der Waals surface area contributed by atoms with E-state index in [0.29, 0.717) is 5.56 Å². The molecule has 112 valence electrons. The SMILES string of the molecule is Cc1ccc(C(O)Cc2ccc(C(F)(F)F)cc2)c(Br)c1. The summed E-state index contributed by atoms with van der Waals surface area (Å²) < 4.78 is 38.2. The molecule has 0 amide bonds. The first-order chi connectivity index (χ1) is 9.77. The first-order valence-corrected chi connectivity index (χ1v) is 7.17. The molecule has 2 aromatic rings. The molecule has 1 unspecified atom stereocenters. The average Bonchev–Trinajstić information content (AvgIpc) is 2.38. The highest BCUT2D eigenvalue weighted by atomic mass is 79.9. The fourth-order valence-corrected chi connectivity index (χ4v) is 2.82. The molecule has 0 saturated heterocycles. The normalized spacial score (nSPS) is 13.2. The van der Waals surface area contributed by atoms with E-state index < -0.39 is 17.8 Å². The lowest BCUT2D eigenvalue weighted by Gasteiger charge is -2.14. The summed E-state index contributed by atoms with van der Waals surface area (Å²) in [4.78, 5) is 0. The lowest BCUT2D eigenvalue weighted by atomic mass is 9.99. The molecule has 0 aromatic heterocycles. The second-order valence-electron chi connectivity index (χ2n) is 4.94. The summed E-state index contributed by atoms with van der Waals surface area (Å²) in [5.74, 6) is 0. The molecular weight excluding hydrogens is 345 g/mol. The van der Waals surface area contributed by atoms with Crippen LogP contribution in [-0.2, 0) is 12.6 Å². The molecule has 0 fully saturated rings. The van der Waals surface area contributed by atoms with Crippen molar-refractivity contribution in [1.29, 1.82) is 0 Å². The van der Waals surface area contributed by atoms with Gasteiger partial charge in [-0.25, -0.2) is 0 Å². The summed E-state index contributed by atoms with van der Waals surface area (Å²) in [5.41, 5.74) is 1.76. The molecule has 5 heteroatoms. The smallest absolute Gasteiger partial charge is 0.388 e. The number of hydrogen-bond donors (Lipinski definition) is 1. The third kappa shape index (κ3) is 4.08. The van der Waals surface area contributed by atoms with Gasteiger partial charge in [0.05, 0.1) is 11.7 Å². The molecule has 0 heterocycles. The van der Waals surface area contributed by atoms with Crippen molar-refractivity contribution < 1.29 is 18.3 Å². The minimum Gasteiger partial charge on any atom is -0.388 e. The van der Waals surface area contributed by atoms with Crippen LogP contribution in [0.5, 0.6) is 0 Å². The number of rotatable bonds is 3. The van der Waals surface area contributed by atoms with Gasteiger partial charge in [-0.2, -0.15) is 13.2 Å². The Hall–Kier alpha value is -1.33. The minimum absolute atomic E-state index is 0.264. The Labute approximate surface area is 129 Å². The summed E-state index contributed by atoms with van der Waals surface area (Å²) in [7, 11) is 0. The van der Waals surface area contributed by atoms with Gasteiger partial charge >= 0.3 is 6.18 Å². The second-order valence-corrected chi connectivity index (χ2v) is 5.79. The molecule has 0 radical (unpaired) electrons. The van der Waals surface area contributed by atoms with Gasteiger partial charge < -0.3 is 5.11 Å². The van der Waals surface area contributed by atoms with E-state index in [-0.39, 0.29) is 6.42 Å². The number of hydrogen-bond acceptors (Lipinski definition) is 1. The van der Waals surface area contributed by atoms with E-state index in [4.69, 9.17) is 0 Å². The highest BCUT2D eigenvalue weighted by molar-refractivity contribution is 9.10. The second kappa shape index (κ2) is 6.20. The number of halogens is 4. The predicted molar refractivity (Wildman–Crippen MR) is 79.0 cm³/mol. The zero-order chi connectivity index (χ0) is 15.6. The monoisotopic (exact) mass is 358 g/mol. The van der Waals surface area contributed by atoms with Crippen molar-refractivity contribution >= 4 is 15.9 Å². The van der Waals surface area contributed by atoms with Gasteiger partial charge in [0.25, 0.3) is 0 Å². The van der Waals surface area contributed by atoms with Crippen molar-refractivity contribution in [2.45, 2.75) is 25.6 Å². The van der Waals surface area contributed by atoms with Gasteiger partial charge in [-0.05, 0) is 41.8 Å². The van der Waals surface area contributed by atoms with Crippen LogP contribution in [0.1, 0.15) is 28.4 Å². The molecule has 0 spiro atoms. The third-order valence-electron chi connectivity index (χ3n) is 3.23. The van der Waals surface area contributed by atoms with Crippen LogP contribution in [0.25, 0.3) is 0 Å². The molecule has 0 aliphatic rings. The fourth-order valence-electron chi connectivity index (χ4n) is 2.07. The van der Waals surface area contributed by atoms with Gasteiger partial charge in [-0.1, -0.05) is 40.2 Å². The Morgan fingerprint density at radius 3 is 2.24 bits per heavy atom. The van der Waals surface area contributed by atoms with Gasteiger partial charge in [0, 0.05) is 10.9 Å². The predicted octanol–water partition coefficient (Wildman–Crippen LogP) is 5.05. The van der Waals surface area contributed by atoms with Crippen LogP contribution >= 0.6 is 15.9 Å². The van der Waals surface area contributed by atoms with Gasteiger partial charge in [-0.3, -0.25) is 0 Å². The van der Waals surface area contributed by atoms with Gasteiger partial charge in [-0.15, -0.1) is 0 Å². The summed E-state index contributed by atoms with van der Waals surface area (Å²) >= 11 is 3.39. The first-order valence-electron chi connectivity index (χ1n) is 6.37. The first kappa shape index (κ1) is 16.0. The van der Waals surface area contributed by atoms with Crippen LogP contribution in [0.2, 0.25) is 0 Å². The van der Waals surface area contributed by atoms with E-state index in [9.17, 15) is 18.3 Å². The Morgan fingerprint density at radius 1 is 1.10 bits per heavy atom. The summed E-state index contributed by atoms with van der Waals surface area (Å²) in [6.07, 6.45) is -4.84. The van der Waals surface area contributed by atoms with E-state index in [1.807, 2.05) is 25.1 Å². The lowest BCUT2D eigenvalue weighted by molar-refractivity contribution is -0.137. The zero-order valence-electron chi connectivity index (χ0n) is 11.3. The van der Waals surface area contributed by atoms with Crippen LogP contribution in [0, 0.1) is 6.92 Å². The summed E-state index contributed by atoms with van der Waals surface area (Å²) in [6, 6.07) is 10.5. The van der Waals surface area contributed by atoms with Crippen LogP contribution in [0.3, 0.4) is 0 Å². The van der Waals surface area contributed by atoms with Gasteiger partial charge in [0.15, 0.2) is 0 Å². The highest BCUT2D eigenvalue weighted by Gasteiger charge is 2.30. The molecule has 0 aliphatic carbocycles. The molecule has 0 bridgehead atoms. The largest absolute Gasteiger partial charge is 0.416 e. The Kier molecular flexibility index (Phi) is 4.74. The van der Waals surface area contributed by atoms with Crippen molar-refractivity contribution in [3.63, 3.8) is 0 Å². The molecule has 0 saturated carbocycles. The van der Waals surface area contributed by atoms with Crippen molar-refractivity contribution in [2.24, 2.45) is 0 Å². The number of alkyl halides is 3. The van der Waals surface area contributed by atoms with Crippen LogP contribution in [0.4, 0.5) is 13.2 Å². The Morgan fingerprint density at radius 2 is 1.71 bits per heavy atom. The third-order valence-corrected chi connectivity index (χ3v) is 3.91. The standard InChI is InChI=1S/C16H14BrF3O/c1-10-2-7-13(14(17)8-10)15(21)9-11-3-5-12(6-4-11)16(18,19)20/h2-8,15,21H,9H2,1H3. The van der Waals surface area contributed by atoms with Crippen molar-refractivity contribution in [3.05, 3.63) is 69.2 Å². The topological polar surface area (TPSA) is 20.2 Å². The van der Waals surface area contributed by atoms with Gasteiger partial charge in [0.2, 0.25) is 0 Å². The number of aryl methyl sites for hydroxylation is 1. The Balaban J connectivity index is 2.14. The van der Waals surface area contributed by atoms with Crippen LogP contribution in [-0.4, -0.2) is 5.11 Å². The quantitative estimate of drug-likeness (QED) is 0.813. The Bertz CT molecular complexity index is 620. The fraction of sp³-hybridized carbons (Fsp3) is 0.250. The molecule has 2 aromatic carbocycles. The minimum atomic E-state index is -4.34. The maximum atomic E-state index is 12.5. The van der Waals surface area contributed by atoms with Gasteiger partial charge in [0.1, 0.15) is 0 Å². The number of benzene rings is 2.